The van der Waals surface area contributed by atoms with Crippen molar-refractivity contribution in [2.75, 3.05) is 13.7 Å². The molecule has 0 saturated carbocycles. The van der Waals surface area contributed by atoms with Crippen LogP contribution in [0.4, 0.5) is 4.79 Å². The normalized spacial score (nSPS) is 19.2. The number of amides is 1. The van der Waals surface area contributed by atoms with Crippen LogP contribution in [0.2, 0.25) is 0 Å². The van der Waals surface area contributed by atoms with E-state index in [0.29, 0.717) is 6.54 Å². The summed E-state index contributed by atoms with van der Waals surface area (Å²) in [6.07, 6.45) is 2.28. The predicted octanol–water partition coefficient (Wildman–Crippen LogP) is 4.04. The molecular formula is C20H29NO4. The fraction of sp³-hybridized carbons (Fsp3) is 0.600. The molecule has 1 aromatic rings. The van der Waals surface area contributed by atoms with Crippen LogP contribution in [-0.2, 0) is 14.3 Å². The molecule has 0 spiro atoms. The second-order valence-corrected chi connectivity index (χ2v) is 7.65. The Morgan fingerprint density at radius 2 is 1.80 bits per heavy atom. The van der Waals surface area contributed by atoms with Gasteiger partial charge in [0.15, 0.2) is 0 Å². The van der Waals surface area contributed by atoms with Crippen LogP contribution in [0.25, 0.3) is 0 Å². The van der Waals surface area contributed by atoms with Gasteiger partial charge in [0.25, 0.3) is 0 Å². The maximum Gasteiger partial charge on any atom is 0.410 e. The number of piperidine rings is 1. The first-order valence-electron chi connectivity index (χ1n) is 8.87. The van der Waals surface area contributed by atoms with Gasteiger partial charge in [0.05, 0.1) is 13.2 Å². The number of esters is 1. The molecular weight excluding hydrogens is 318 g/mol. The Bertz CT molecular complexity index is 603. The summed E-state index contributed by atoms with van der Waals surface area (Å²) in [7, 11) is 1.39. The highest BCUT2D eigenvalue weighted by Crippen LogP contribution is 2.33. The van der Waals surface area contributed by atoms with Crippen molar-refractivity contribution in [1.82, 2.24) is 4.90 Å². The van der Waals surface area contributed by atoms with Crippen molar-refractivity contribution in [3.8, 4) is 0 Å². The third-order valence-corrected chi connectivity index (χ3v) is 4.45. The van der Waals surface area contributed by atoms with E-state index in [2.05, 4.69) is 0 Å². The molecule has 1 amide bonds. The second kappa shape index (κ2) is 7.89. The molecule has 1 aliphatic rings. The maximum absolute atomic E-state index is 12.7. The lowest BCUT2D eigenvalue weighted by Gasteiger charge is -2.40. The van der Waals surface area contributed by atoms with Gasteiger partial charge in [0.1, 0.15) is 11.5 Å². The van der Waals surface area contributed by atoms with Gasteiger partial charge in [-0.1, -0.05) is 29.8 Å². The zero-order chi connectivity index (χ0) is 18.6. The summed E-state index contributed by atoms with van der Waals surface area (Å²) in [5.41, 5.74) is 1.43. The minimum atomic E-state index is -0.566. The Kier molecular flexibility index (Phi) is 6.09. The van der Waals surface area contributed by atoms with Crippen molar-refractivity contribution in [3.05, 3.63) is 35.4 Å². The van der Waals surface area contributed by atoms with Gasteiger partial charge < -0.3 is 14.4 Å². The monoisotopic (exact) mass is 347 g/mol. The van der Waals surface area contributed by atoms with Gasteiger partial charge in [-0.05, 0) is 52.5 Å². The summed E-state index contributed by atoms with van der Waals surface area (Å²) < 4.78 is 10.6. The largest absolute Gasteiger partial charge is 0.468 e. The number of benzene rings is 1. The summed E-state index contributed by atoms with van der Waals surface area (Å²) in [4.78, 5) is 26.9. The molecule has 0 aliphatic carbocycles. The fourth-order valence-electron chi connectivity index (χ4n) is 3.27. The third-order valence-electron chi connectivity index (χ3n) is 4.45. The summed E-state index contributed by atoms with van der Waals surface area (Å²) in [6.45, 7) is 8.15. The molecule has 138 valence electrons. The van der Waals surface area contributed by atoms with Crippen LogP contribution < -0.4 is 0 Å². The van der Waals surface area contributed by atoms with E-state index in [-0.39, 0.29) is 18.1 Å². The van der Waals surface area contributed by atoms with Crippen LogP contribution in [0.15, 0.2) is 24.3 Å². The lowest BCUT2D eigenvalue weighted by Crippen LogP contribution is -2.50. The van der Waals surface area contributed by atoms with Gasteiger partial charge in [-0.15, -0.1) is 0 Å². The van der Waals surface area contributed by atoms with E-state index in [1.54, 1.807) is 4.90 Å². The summed E-state index contributed by atoms with van der Waals surface area (Å²) >= 11 is 0. The van der Waals surface area contributed by atoms with Gasteiger partial charge in [-0.2, -0.15) is 0 Å². The van der Waals surface area contributed by atoms with E-state index in [1.807, 2.05) is 52.0 Å². The Labute approximate surface area is 150 Å². The van der Waals surface area contributed by atoms with E-state index < -0.39 is 11.5 Å². The van der Waals surface area contributed by atoms with E-state index in [4.69, 9.17) is 9.47 Å². The molecule has 0 bridgehead atoms. The highest BCUT2D eigenvalue weighted by Gasteiger charge is 2.40. The van der Waals surface area contributed by atoms with Crippen LogP contribution >= 0.6 is 0 Å². The van der Waals surface area contributed by atoms with Gasteiger partial charge in [-0.3, -0.25) is 4.79 Å². The molecule has 1 aromatic carbocycles. The van der Waals surface area contributed by atoms with Crippen molar-refractivity contribution in [1.29, 1.82) is 0 Å². The number of rotatable bonds is 3. The number of aryl methyl sites for hydroxylation is 1. The number of carbonyl (C=O) groups is 2. The first-order valence-corrected chi connectivity index (χ1v) is 8.87. The summed E-state index contributed by atoms with van der Waals surface area (Å²) in [5.74, 6) is -0.817. The van der Waals surface area contributed by atoms with Crippen LogP contribution in [0.3, 0.4) is 0 Å². The topological polar surface area (TPSA) is 55.8 Å². The van der Waals surface area contributed by atoms with Crippen LogP contribution in [0, 0.1) is 6.92 Å². The molecule has 0 N–H and O–H groups in total. The molecule has 25 heavy (non-hydrogen) atoms. The number of carbonyl (C=O) groups excluding carboxylic acids is 2. The van der Waals surface area contributed by atoms with Crippen LogP contribution in [-0.4, -0.2) is 42.3 Å². The minimum absolute atomic E-state index is 0.251. The molecule has 0 aromatic heterocycles. The van der Waals surface area contributed by atoms with Crippen molar-refractivity contribution < 1.29 is 19.1 Å². The fourth-order valence-corrected chi connectivity index (χ4v) is 3.27. The molecule has 1 saturated heterocycles. The number of likely N-dealkylation sites (tertiary alicyclic amines) is 1. The Hall–Kier alpha value is -2.04. The minimum Gasteiger partial charge on any atom is -0.468 e. The van der Waals surface area contributed by atoms with Gasteiger partial charge >= 0.3 is 12.1 Å². The highest BCUT2D eigenvalue weighted by molar-refractivity contribution is 5.80. The molecule has 1 heterocycles. The number of nitrogens with zero attached hydrogens (tertiary/aromatic N) is 1. The SMILES string of the molecule is COC(=O)[C@@H](c1ccc(C)cc1)[C@@H]1CCCCN1C(=O)OC(C)(C)C. The molecule has 0 radical (unpaired) electrons. The van der Waals surface area contributed by atoms with Gasteiger partial charge in [-0.25, -0.2) is 4.79 Å². The Balaban J connectivity index is 2.33. The smallest absolute Gasteiger partial charge is 0.410 e. The van der Waals surface area contributed by atoms with Crippen molar-refractivity contribution in [2.24, 2.45) is 0 Å². The van der Waals surface area contributed by atoms with E-state index in [9.17, 15) is 9.59 Å². The molecule has 5 nitrogen and oxygen atoms in total. The Morgan fingerprint density at radius 3 is 2.36 bits per heavy atom. The average molecular weight is 347 g/mol. The van der Waals surface area contributed by atoms with Crippen molar-refractivity contribution in [3.63, 3.8) is 0 Å². The number of ether oxygens (including phenoxy) is 2. The maximum atomic E-state index is 12.7. The van der Waals surface area contributed by atoms with Crippen molar-refractivity contribution >= 4 is 12.1 Å². The lowest BCUT2D eigenvalue weighted by molar-refractivity contribution is -0.144. The zero-order valence-corrected chi connectivity index (χ0v) is 15.9. The van der Waals surface area contributed by atoms with Crippen LogP contribution in [0.5, 0.6) is 0 Å². The van der Waals surface area contributed by atoms with E-state index >= 15 is 0 Å². The summed E-state index contributed by atoms with van der Waals surface area (Å²) in [6, 6.07) is 7.59. The first-order chi connectivity index (χ1) is 11.7. The molecule has 1 aliphatic heterocycles. The van der Waals surface area contributed by atoms with E-state index in [1.165, 1.54) is 7.11 Å². The third kappa shape index (κ3) is 4.97. The molecule has 2 atom stereocenters. The van der Waals surface area contributed by atoms with Gasteiger partial charge in [0.2, 0.25) is 0 Å². The molecule has 1 fully saturated rings. The molecule has 2 rings (SSSR count). The van der Waals surface area contributed by atoms with Crippen LogP contribution in [0.1, 0.15) is 57.1 Å². The van der Waals surface area contributed by atoms with E-state index in [0.717, 1.165) is 30.4 Å². The summed E-state index contributed by atoms with van der Waals surface area (Å²) in [5, 5.41) is 0. The molecule has 5 heteroatoms. The first kappa shape index (κ1) is 19.3. The highest BCUT2D eigenvalue weighted by atomic mass is 16.6. The molecule has 0 unspecified atom stereocenters. The second-order valence-electron chi connectivity index (χ2n) is 7.65. The number of methoxy groups -OCH3 is 1. The van der Waals surface area contributed by atoms with Gasteiger partial charge in [0, 0.05) is 6.54 Å². The average Bonchev–Trinajstić information content (AvgIpc) is 2.55. The standard InChI is InChI=1S/C20H29NO4/c1-14-9-11-15(12-10-14)17(18(22)24-5)16-8-6-7-13-21(16)19(23)25-20(2,3)4/h9-12,16-17H,6-8,13H2,1-5H3/t16-,17-/m0/s1. The predicted molar refractivity (Wildman–Crippen MR) is 96.5 cm³/mol. The number of hydrogen-bond acceptors (Lipinski definition) is 4. The quantitative estimate of drug-likeness (QED) is 0.774. The zero-order valence-electron chi connectivity index (χ0n) is 15.9. The lowest BCUT2D eigenvalue weighted by atomic mass is 9.85. The number of hydrogen-bond donors (Lipinski definition) is 0. The Morgan fingerprint density at radius 1 is 1.16 bits per heavy atom. The van der Waals surface area contributed by atoms with Crippen molar-refractivity contribution in [2.45, 2.75) is 64.5 Å².